The maximum Gasteiger partial charge on any atom is 0.460 e. The second kappa shape index (κ2) is 30.4. The summed E-state index contributed by atoms with van der Waals surface area (Å²) < 4.78 is 551. The smallest absolute Gasteiger partial charge is 0.460 e. The van der Waals surface area contributed by atoms with Crippen LogP contribution in [0.2, 0.25) is 0 Å². The van der Waals surface area contributed by atoms with Crippen molar-refractivity contribution >= 4 is 0 Å². The highest BCUT2D eigenvalue weighted by Crippen LogP contribution is 2.64. The zero-order chi connectivity index (χ0) is 78.7. The van der Waals surface area contributed by atoms with E-state index in [2.05, 4.69) is 15.0 Å². The molecular weight excluding hydrogens is 1520 g/mol. The first-order valence-corrected chi connectivity index (χ1v) is 28.7. The van der Waals surface area contributed by atoms with Gasteiger partial charge in [-0.2, -0.15) is 171 Å². The first kappa shape index (κ1) is 87.7. The van der Waals surface area contributed by atoms with Gasteiger partial charge in [0.05, 0.1) is 42.6 Å². The van der Waals surface area contributed by atoms with Crippen LogP contribution in [0.4, 0.5) is 171 Å². The first-order chi connectivity index (χ1) is 45.9. The Kier molecular flexibility index (Phi) is 26.2. The van der Waals surface area contributed by atoms with Gasteiger partial charge in [0.15, 0.2) is 11.5 Å². The molecule has 3 aromatic heterocycles. The molecule has 0 N–H and O–H groups in total. The van der Waals surface area contributed by atoms with Crippen molar-refractivity contribution in [3.63, 3.8) is 0 Å². The van der Waals surface area contributed by atoms with Crippen LogP contribution < -0.4 is 14.2 Å². The molecule has 582 valence electrons. The van der Waals surface area contributed by atoms with Crippen molar-refractivity contribution in [2.75, 3.05) is 19.8 Å². The maximum absolute atomic E-state index is 14.6. The third kappa shape index (κ3) is 16.8. The second-order valence-electron chi connectivity index (χ2n) is 22.4. The zero-order valence-electron chi connectivity index (χ0n) is 50.5. The molecule has 0 bridgehead atoms. The van der Waals surface area contributed by atoms with Gasteiger partial charge in [-0.1, -0.05) is 50.7 Å². The quantitative estimate of drug-likeness (QED) is 0.0328. The van der Waals surface area contributed by atoms with E-state index >= 15 is 0 Å². The highest BCUT2D eigenvalue weighted by molar-refractivity contribution is 5.77. The van der Waals surface area contributed by atoms with Gasteiger partial charge in [-0.25, -0.2) is 4.98 Å². The van der Waals surface area contributed by atoms with Crippen LogP contribution in [-0.4, -0.2) is 142 Å². The molecule has 45 heteroatoms. The SMILES string of the molecule is FC(F)(F)C(F)(F)C(F)(F)C(F)(F)C(F)(F)C(F)(F)CCCCCCOc1cc(-c2cc(-c3ccccn3)nc(-c3ccccn3)c2)cc(OCCCCCCC(F)(F)C(F)(F)C(F)(F)C(F)(F)C(F)(F)C(F)(F)F)c1OCCCCCCC(F)(F)C(F)(F)C(F)(F)C(F)(F)C(F)(F)C(F)(F)F. The average molecular weight is 1560 g/mol. The molecule has 0 amide bonds. The van der Waals surface area contributed by atoms with Gasteiger partial charge in [-0.3, -0.25) is 9.97 Å². The summed E-state index contributed by atoms with van der Waals surface area (Å²) in [6.07, 6.45) is -38.6. The average Bonchev–Trinajstić information content (AvgIpc) is 0.722. The molecule has 1 aromatic carbocycles. The van der Waals surface area contributed by atoms with E-state index in [1.54, 1.807) is 0 Å². The number of ether oxygens (including phenoxy) is 3. The summed E-state index contributed by atoms with van der Waals surface area (Å²) >= 11 is 0. The summed E-state index contributed by atoms with van der Waals surface area (Å²) in [5.41, 5.74) is 0.282. The van der Waals surface area contributed by atoms with Crippen molar-refractivity contribution in [2.24, 2.45) is 0 Å². The minimum atomic E-state index is -8.21. The highest BCUT2D eigenvalue weighted by Gasteiger charge is 2.93. The summed E-state index contributed by atoms with van der Waals surface area (Å²) in [4.78, 5) is 12.9. The third-order valence-electron chi connectivity index (χ3n) is 14.9. The summed E-state index contributed by atoms with van der Waals surface area (Å²) in [7, 11) is 0. The number of alkyl halides is 39. The molecule has 0 atom stereocenters. The Morgan fingerprint density at radius 3 is 0.745 bits per heavy atom. The van der Waals surface area contributed by atoms with Crippen molar-refractivity contribution in [2.45, 2.75) is 204 Å². The standard InChI is InChI=1S/C57H48F39N3O3/c58-40(59,43(64,65)46(70,71)49(76,77)52(82,83)55(88,89)90)19-9-1-4-14-24-100-37-29-32(31-27-35(33-17-7-12-22-97-33)99-36(28-31)34-18-8-13-23-98-34)30-38(101-25-15-5-2-10-20-41(60,61)44(66,67)47(72,73)50(78,79)53(84,85)56(91,92)93)39(37)102-26-16-6-3-11-21-42(62,63)45(68,69)48(74,75)51(80,81)54(86,87)57(94,95)96/h7-8,12-13,17-18,22-23,27-30H,1-6,9-11,14-16,19-21,24-26H2. The number of unbranched alkanes of at least 4 members (excludes halogenated alkanes) is 9. The number of nitrogens with zero attached hydrogens (tertiary/aromatic N) is 3. The largest absolute Gasteiger partial charge is 0.490 e. The van der Waals surface area contributed by atoms with E-state index in [0.29, 0.717) is 0 Å². The lowest BCUT2D eigenvalue weighted by Crippen LogP contribution is -2.70. The summed E-state index contributed by atoms with van der Waals surface area (Å²) in [6.45, 7) is -2.40. The van der Waals surface area contributed by atoms with E-state index in [0.717, 1.165) is 12.1 Å². The van der Waals surface area contributed by atoms with Crippen molar-refractivity contribution in [1.82, 2.24) is 15.0 Å². The third-order valence-corrected chi connectivity index (χ3v) is 14.9. The fraction of sp³-hybridized carbons (Fsp3) is 0.632. The van der Waals surface area contributed by atoms with E-state index in [1.807, 2.05) is 0 Å². The molecule has 0 aliphatic rings. The van der Waals surface area contributed by atoms with E-state index in [4.69, 9.17) is 14.2 Å². The van der Waals surface area contributed by atoms with Crippen LogP contribution in [0.5, 0.6) is 17.2 Å². The fourth-order valence-corrected chi connectivity index (χ4v) is 8.91. The molecule has 4 rings (SSSR count). The Morgan fingerprint density at radius 1 is 0.245 bits per heavy atom. The lowest BCUT2D eigenvalue weighted by atomic mass is 9.91. The Bertz CT molecular complexity index is 3190. The van der Waals surface area contributed by atoms with Gasteiger partial charge < -0.3 is 14.2 Å². The molecule has 0 saturated heterocycles. The number of hydrogen-bond acceptors (Lipinski definition) is 6. The van der Waals surface area contributed by atoms with Crippen LogP contribution >= 0.6 is 0 Å². The van der Waals surface area contributed by atoms with Gasteiger partial charge in [0.1, 0.15) is 0 Å². The zero-order valence-corrected chi connectivity index (χ0v) is 50.5. The Hall–Kier alpha value is -6.66. The Morgan fingerprint density at radius 2 is 0.490 bits per heavy atom. The fourth-order valence-electron chi connectivity index (χ4n) is 8.91. The van der Waals surface area contributed by atoms with Crippen molar-refractivity contribution in [1.29, 1.82) is 0 Å². The molecule has 0 aliphatic carbocycles. The number of halogens is 39. The topological polar surface area (TPSA) is 66.4 Å². The minimum Gasteiger partial charge on any atom is -0.490 e. The van der Waals surface area contributed by atoms with Crippen molar-refractivity contribution in [3.05, 3.63) is 73.1 Å². The van der Waals surface area contributed by atoms with Crippen LogP contribution in [0.1, 0.15) is 96.3 Å². The maximum atomic E-state index is 14.6. The van der Waals surface area contributed by atoms with Crippen LogP contribution in [0.25, 0.3) is 33.9 Å². The number of pyridine rings is 3. The summed E-state index contributed by atoms with van der Waals surface area (Å²) in [6, 6.07) is 13.5. The van der Waals surface area contributed by atoms with E-state index in [9.17, 15) is 171 Å². The first-order valence-electron chi connectivity index (χ1n) is 28.7. The molecule has 0 fully saturated rings. The Balaban J connectivity index is 1.71. The molecule has 4 aromatic rings. The molecule has 6 nitrogen and oxygen atoms in total. The van der Waals surface area contributed by atoms with Gasteiger partial charge in [0.2, 0.25) is 5.75 Å². The van der Waals surface area contributed by atoms with E-state index in [-0.39, 0.29) is 33.9 Å². The predicted octanol–water partition coefficient (Wildman–Crippen LogP) is 23.1. The van der Waals surface area contributed by atoms with Crippen LogP contribution in [-0.2, 0) is 0 Å². The van der Waals surface area contributed by atoms with Gasteiger partial charge in [0, 0.05) is 31.7 Å². The van der Waals surface area contributed by atoms with Gasteiger partial charge in [0.25, 0.3) is 0 Å². The summed E-state index contributed by atoms with van der Waals surface area (Å²) in [5.74, 6) is -117. The van der Waals surface area contributed by atoms with E-state index in [1.165, 1.54) is 60.9 Å². The van der Waals surface area contributed by atoms with Gasteiger partial charge in [-0.05, 0) is 98.2 Å². The molecule has 0 aliphatic heterocycles. The molecule has 0 unspecified atom stereocenters. The normalized spacial score (nSPS) is 14.7. The van der Waals surface area contributed by atoms with Crippen LogP contribution in [0.15, 0.2) is 73.1 Å². The Labute approximate surface area is 547 Å². The highest BCUT2D eigenvalue weighted by atomic mass is 19.5. The number of hydrogen-bond donors (Lipinski definition) is 0. The van der Waals surface area contributed by atoms with E-state index < -0.39 is 241 Å². The number of rotatable bonds is 39. The lowest BCUT2D eigenvalue weighted by Gasteiger charge is -2.39. The van der Waals surface area contributed by atoms with Crippen LogP contribution in [0, 0.1) is 0 Å². The number of aromatic nitrogens is 3. The van der Waals surface area contributed by atoms with Crippen LogP contribution in [0.3, 0.4) is 0 Å². The monoisotopic (exact) mass is 1560 g/mol. The van der Waals surface area contributed by atoms with Gasteiger partial charge >= 0.3 is 107 Å². The molecular formula is C57H48F39N3O3. The predicted molar refractivity (Wildman–Crippen MR) is 274 cm³/mol. The summed E-state index contributed by atoms with van der Waals surface area (Å²) in [5, 5.41) is 0. The molecule has 0 saturated carbocycles. The minimum absolute atomic E-state index is 0.0372. The van der Waals surface area contributed by atoms with Crippen molar-refractivity contribution < 1.29 is 185 Å². The van der Waals surface area contributed by atoms with Gasteiger partial charge in [-0.15, -0.1) is 0 Å². The molecule has 0 spiro atoms. The molecule has 0 radical (unpaired) electrons. The number of benzene rings is 1. The second-order valence-corrected chi connectivity index (χ2v) is 22.4. The molecule has 102 heavy (non-hydrogen) atoms. The lowest BCUT2D eigenvalue weighted by molar-refractivity contribution is -0.440. The van der Waals surface area contributed by atoms with Crippen molar-refractivity contribution in [3.8, 4) is 51.2 Å². The molecule has 3 heterocycles.